The first-order valence-electron chi connectivity index (χ1n) is 13.3. The molecule has 1 amide bonds. The number of pyridine rings is 1. The van der Waals surface area contributed by atoms with Crippen molar-refractivity contribution in [2.45, 2.75) is 77.2 Å². The standard InChI is InChI=1S/C28H41N3O4/c1-35-23-9-10-26-25(18-23)24(22(20-32)19-29-26)8-5-12-28(27(33)30-34)13-16-31(17-14-28)15-11-21-6-3-2-4-7-21/h9-10,18-19,21,32,34H,2-8,11-17,20H2,1H3,(H,30,33). The number of carbonyl (C=O) groups excluding carboxylic acids is 1. The van der Waals surface area contributed by atoms with Gasteiger partial charge < -0.3 is 14.7 Å². The van der Waals surface area contributed by atoms with E-state index in [0.717, 1.165) is 79.0 Å². The third-order valence-corrected chi connectivity index (χ3v) is 8.50. The number of benzene rings is 1. The molecule has 35 heavy (non-hydrogen) atoms. The van der Waals surface area contributed by atoms with Crippen LogP contribution < -0.4 is 10.2 Å². The Bertz CT molecular complexity index is 976. The largest absolute Gasteiger partial charge is 0.497 e. The molecule has 1 aromatic heterocycles. The maximum Gasteiger partial charge on any atom is 0.249 e. The second kappa shape index (κ2) is 12.2. The number of piperidine rings is 1. The lowest BCUT2D eigenvalue weighted by molar-refractivity contribution is -0.143. The van der Waals surface area contributed by atoms with Crippen LogP contribution in [0.5, 0.6) is 5.75 Å². The van der Waals surface area contributed by atoms with Gasteiger partial charge in [-0.2, -0.15) is 0 Å². The normalized spacial score (nSPS) is 19.1. The van der Waals surface area contributed by atoms with E-state index >= 15 is 0 Å². The second-order valence-electron chi connectivity index (χ2n) is 10.5. The Labute approximate surface area is 208 Å². The summed E-state index contributed by atoms with van der Waals surface area (Å²) in [6, 6.07) is 5.79. The molecule has 7 heteroatoms. The fourth-order valence-electron chi connectivity index (χ4n) is 6.18. The zero-order chi connectivity index (χ0) is 24.7. The molecule has 3 N–H and O–H groups in total. The molecule has 0 unspecified atom stereocenters. The average Bonchev–Trinajstić information content (AvgIpc) is 2.92. The van der Waals surface area contributed by atoms with Gasteiger partial charge in [-0.25, -0.2) is 5.48 Å². The smallest absolute Gasteiger partial charge is 0.249 e. The zero-order valence-electron chi connectivity index (χ0n) is 21.1. The first kappa shape index (κ1) is 25.9. The number of likely N-dealkylation sites (tertiary alicyclic amines) is 1. The maximum atomic E-state index is 12.8. The summed E-state index contributed by atoms with van der Waals surface area (Å²) in [6.45, 7) is 2.84. The molecule has 0 radical (unpaired) electrons. The van der Waals surface area contributed by atoms with Gasteiger partial charge >= 0.3 is 0 Å². The summed E-state index contributed by atoms with van der Waals surface area (Å²) in [5.41, 5.74) is 4.15. The van der Waals surface area contributed by atoms with Crippen molar-refractivity contribution in [1.29, 1.82) is 0 Å². The number of nitrogens with zero attached hydrogens (tertiary/aromatic N) is 2. The molecule has 2 aromatic rings. The van der Waals surface area contributed by atoms with E-state index in [2.05, 4.69) is 9.88 Å². The van der Waals surface area contributed by atoms with E-state index < -0.39 is 5.41 Å². The fourth-order valence-corrected chi connectivity index (χ4v) is 6.18. The van der Waals surface area contributed by atoms with Crippen LogP contribution in [0.15, 0.2) is 24.4 Å². The van der Waals surface area contributed by atoms with Gasteiger partial charge in [0, 0.05) is 11.6 Å². The lowest BCUT2D eigenvalue weighted by Crippen LogP contribution is -2.48. The Hall–Kier alpha value is -2.22. The average molecular weight is 484 g/mol. The Morgan fingerprint density at radius 3 is 2.69 bits per heavy atom. The van der Waals surface area contributed by atoms with Crippen molar-refractivity contribution in [3.05, 3.63) is 35.5 Å². The highest BCUT2D eigenvalue weighted by Crippen LogP contribution is 2.38. The summed E-state index contributed by atoms with van der Waals surface area (Å²) in [4.78, 5) is 19.8. The summed E-state index contributed by atoms with van der Waals surface area (Å²) in [5, 5.41) is 20.4. The van der Waals surface area contributed by atoms with Crippen LogP contribution in [0.1, 0.15) is 75.3 Å². The number of nitrogens with one attached hydrogen (secondary N) is 1. The van der Waals surface area contributed by atoms with Crippen molar-refractivity contribution < 1.29 is 19.8 Å². The Balaban J connectivity index is 1.39. The molecular formula is C28H41N3O4. The van der Waals surface area contributed by atoms with Crippen LogP contribution in [0.25, 0.3) is 10.9 Å². The number of hydrogen-bond donors (Lipinski definition) is 3. The van der Waals surface area contributed by atoms with Crippen LogP contribution in [0, 0.1) is 11.3 Å². The Morgan fingerprint density at radius 2 is 2.00 bits per heavy atom. The van der Waals surface area contributed by atoms with E-state index in [9.17, 15) is 15.1 Å². The number of aliphatic hydroxyl groups excluding tert-OH is 1. The number of hydroxylamine groups is 1. The molecule has 2 fully saturated rings. The summed E-state index contributed by atoms with van der Waals surface area (Å²) in [5.74, 6) is 1.37. The minimum Gasteiger partial charge on any atom is -0.497 e. The molecular weight excluding hydrogens is 442 g/mol. The van der Waals surface area contributed by atoms with Gasteiger partial charge in [0.1, 0.15) is 5.75 Å². The van der Waals surface area contributed by atoms with Crippen LogP contribution in [-0.4, -0.2) is 52.8 Å². The van der Waals surface area contributed by atoms with Crippen molar-refractivity contribution in [3.63, 3.8) is 0 Å². The van der Waals surface area contributed by atoms with Crippen LogP contribution in [0.3, 0.4) is 0 Å². The number of amides is 1. The third kappa shape index (κ3) is 6.13. The summed E-state index contributed by atoms with van der Waals surface area (Å²) < 4.78 is 5.41. The predicted molar refractivity (Wildman–Crippen MR) is 136 cm³/mol. The minimum atomic E-state index is -0.546. The quantitative estimate of drug-likeness (QED) is 0.337. The predicted octanol–water partition coefficient (Wildman–Crippen LogP) is 4.62. The lowest BCUT2D eigenvalue weighted by Gasteiger charge is -2.40. The molecule has 0 spiro atoms. The zero-order valence-corrected chi connectivity index (χ0v) is 21.1. The number of rotatable bonds is 10. The van der Waals surface area contributed by atoms with Gasteiger partial charge in [-0.05, 0) is 93.4 Å². The molecule has 1 aromatic carbocycles. The van der Waals surface area contributed by atoms with Crippen molar-refractivity contribution in [2.75, 3.05) is 26.7 Å². The molecule has 4 rings (SSSR count). The molecule has 1 aliphatic heterocycles. The number of aryl methyl sites for hydroxylation is 1. The summed E-state index contributed by atoms with van der Waals surface area (Å²) in [6.07, 6.45) is 13.6. The second-order valence-corrected chi connectivity index (χ2v) is 10.5. The summed E-state index contributed by atoms with van der Waals surface area (Å²) >= 11 is 0. The number of aliphatic hydroxyl groups is 1. The number of carbonyl (C=O) groups is 1. The van der Waals surface area contributed by atoms with Gasteiger partial charge in [0.05, 0.1) is 24.6 Å². The maximum absolute atomic E-state index is 12.8. The van der Waals surface area contributed by atoms with Gasteiger partial charge in [-0.1, -0.05) is 32.1 Å². The van der Waals surface area contributed by atoms with E-state index in [1.165, 1.54) is 38.5 Å². The Kier molecular flexibility index (Phi) is 8.98. The third-order valence-electron chi connectivity index (χ3n) is 8.50. The van der Waals surface area contributed by atoms with Crippen LogP contribution in [-0.2, 0) is 17.8 Å². The molecule has 0 bridgehead atoms. The van der Waals surface area contributed by atoms with E-state index in [-0.39, 0.29) is 12.5 Å². The van der Waals surface area contributed by atoms with Crippen molar-refractivity contribution in [1.82, 2.24) is 15.4 Å². The highest BCUT2D eigenvalue weighted by molar-refractivity contribution is 5.84. The van der Waals surface area contributed by atoms with Gasteiger partial charge in [-0.15, -0.1) is 0 Å². The topological polar surface area (TPSA) is 94.9 Å². The molecule has 2 heterocycles. The monoisotopic (exact) mass is 483 g/mol. The van der Waals surface area contributed by atoms with Crippen molar-refractivity contribution >= 4 is 16.8 Å². The van der Waals surface area contributed by atoms with E-state index in [0.29, 0.717) is 6.42 Å². The molecule has 2 aliphatic rings. The highest BCUT2D eigenvalue weighted by Gasteiger charge is 2.40. The van der Waals surface area contributed by atoms with Gasteiger partial charge in [0.2, 0.25) is 5.91 Å². The van der Waals surface area contributed by atoms with Crippen molar-refractivity contribution in [2.24, 2.45) is 11.3 Å². The molecule has 0 atom stereocenters. The van der Waals surface area contributed by atoms with Gasteiger partial charge in [0.15, 0.2) is 0 Å². The van der Waals surface area contributed by atoms with Crippen molar-refractivity contribution in [3.8, 4) is 5.75 Å². The van der Waals surface area contributed by atoms with Crippen LogP contribution in [0.4, 0.5) is 0 Å². The minimum absolute atomic E-state index is 0.0757. The Morgan fingerprint density at radius 1 is 1.23 bits per heavy atom. The van der Waals surface area contributed by atoms with E-state index in [1.807, 2.05) is 23.7 Å². The van der Waals surface area contributed by atoms with Gasteiger partial charge in [0.25, 0.3) is 0 Å². The molecule has 192 valence electrons. The fraction of sp³-hybridized carbons (Fsp3) is 0.643. The van der Waals surface area contributed by atoms with E-state index in [4.69, 9.17) is 4.74 Å². The molecule has 1 saturated heterocycles. The van der Waals surface area contributed by atoms with E-state index in [1.54, 1.807) is 13.3 Å². The summed E-state index contributed by atoms with van der Waals surface area (Å²) in [7, 11) is 1.64. The number of aromatic nitrogens is 1. The molecule has 7 nitrogen and oxygen atoms in total. The number of ether oxygens (including phenoxy) is 1. The number of hydrogen-bond acceptors (Lipinski definition) is 6. The first-order chi connectivity index (χ1) is 17.1. The molecule has 1 aliphatic carbocycles. The van der Waals surface area contributed by atoms with Crippen LogP contribution in [0.2, 0.25) is 0 Å². The molecule has 1 saturated carbocycles. The first-order valence-corrected chi connectivity index (χ1v) is 13.3. The van der Waals surface area contributed by atoms with Crippen LogP contribution >= 0.6 is 0 Å². The number of fused-ring (bicyclic) bond motifs is 1. The number of methoxy groups -OCH3 is 1. The highest BCUT2D eigenvalue weighted by atomic mass is 16.5. The lowest BCUT2D eigenvalue weighted by atomic mass is 9.73. The van der Waals surface area contributed by atoms with Gasteiger partial charge in [-0.3, -0.25) is 15.0 Å². The SMILES string of the molecule is COc1ccc2ncc(CO)c(CCCC3(C(=O)NO)CCN(CCC4CCCCC4)CC3)c2c1.